The van der Waals surface area contributed by atoms with Crippen molar-refractivity contribution in [2.75, 3.05) is 0 Å². The lowest BCUT2D eigenvalue weighted by Gasteiger charge is -2.15. The highest BCUT2D eigenvalue weighted by atomic mass is 32.2. The molecule has 10 heteroatoms. The van der Waals surface area contributed by atoms with Gasteiger partial charge in [0.1, 0.15) is 9.80 Å². The average Bonchev–Trinajstić information content (AvgIpc) is 2.30. The number of benzene rings is 1. The Morgan fingerprint density at radius 3 is 2.00 bits per heavy atom. The molecule has 0 spiro atoms. The van der Waals surface area contributed by atoms with Gasteiger partial charge in [-0.25, -0.2) is 0 Å². The fourth-order valence-corrected chi connectivity index (χ4v) is 3.09. The van der Waals surface area contributed by atoms with Crippen LogP contribution in [-0.2, 0) is 20.2 Å². The summed E-state index contributed by atoms with van der Waals surface area (Å²) in [6.07, 6.45) is 0.314. The fourth-order valence-electron chi connectivity index (χ4n) is 1.77. The summed E-state index contributed by atoms with van der Waals surface area (Å²) in [7, 11) is -9.69. The third-order valence-electron chi connectivity index (χ3n) is 2.56. The number of hydrogen-bond donors (Lipinski definition) is 2. The van der Waals surface area contributed by atoms with Crippen molar-refractivity contribution in [2.24, 2.45) is 0 Å². The van der Waals surface area contributed by atoms with Crippen LogP contribution in [0.2, 0.25) is 0 Å². The lowest BCUT2D eigenvalue weighted by molar-refractivity contribution is 0.0987. The number of rotatable bonds is 2. The van der Waals surface area contributed by atoms with E-state index in [9.17, 15) is 26.4 Å². The summed E-state index contributed by atoms with van der Waals surface area (Å²) in [6.45, 7) is 0. The van der Waals surface area contributed by atoms with E-state index in [1.807, 2.05) is 0 Å². The first kappa shape index (κ1) is 14.5. The predicted molar refractivity (Wildman–Crippen MR) is 64.5 cm³/mol. The summed E-state index contributed by atoms with van der Waals surface area (Å²) in [5, 5.41) is 0. The minimum absolute atomic E-state index is 0.314. The first-order valence-electron chi connectivity index (χ1n) is 4.92. The number of carbonyl (C=O) groups is 2. The van der Waals surface area contributed by atoms with E-state index >= 15 is 0 Å². The van der Waals surface area contributed by atoms with Crippen LogP contribution in [0.25, 0.3) is 0 Å². The highest BCUT2D eigenvalue weighted by molar-refractivity contribution is 7.91. The molecule has 0 radical (unpaired) electrons. The Hall–Kier alpha value is -1.88. The molecule has 0 heterocycles. The highest BCUT2D eigenvalue weighted by Gasteiger charge is 2.35. The molecule has 0 bridgehead atoms. The molecule has 0 atom stereocenters. The molecule has 1 aromatic rings. The van der Waals surface area contributed by atoms with Crippen LogP contribution in [0, 0.1) is 0 Å². The second-order valence-corrected chi connectivity index (χ2v) is 6.61. The Morgan fingerprint density at radius 1 is 0.900 bits per heavy atom. The maximum atomic E-state index is 11.9. The van der Waals surface area contributed by atoms with Gasteiger partial charge >= 0.3 is 0 Å². The largest absolute Gasteiger partial charge is 0.298 e. The third-order valence-corrected chi connectivity index (χ3v) is 4.31. The van der Waals surface area contributed by atoms with E-state index in [0.29, 0.717) is 6.08 Å². The van der Waals surface area contributed by atoms with Crippen LogP contribution in [0.5, 0.6) is 0 Å². The summed E-state index contributed by atoms with van der Waals surface area (Å²) in [5.41, 5.74) is -1.16. The number of allylic oxidation sites excluding steroid dienone is 2. The van der Waals surface area contributed by atoms with Crippen LogP contribution in [0.1, 0.15) is 20.7 Å². The summed E-state index contributed by atoms with van der Waals surface area (Å²) in [6, 6.07) is 2.97. The first-order valence-corrected chi connectivity index (χ1v) is 7.80. The van der Waals surface area contributed by atoms with Crippen LogP contribution in [0.3, 0.4) is 0 Å². The van der Waals surface area contributed by atoms with Gasteiger partial charge in [-0.2, -0.15) is 16.8 Å². The average molecular weight is 318 g/mol. The summed E-state index contributed by atoms with van der Waals surface area (Å²) in [5.74, 6) is -2.35. The number of ketones is 2. The minimum Gasteiger partial charge on any atom is -0.289 e. The zero-order valence-electron chi connectivity index (χ0n) is 9.47. The quantitative estimate of drug-likeness (QED) is 0.730. The molecular formula is C10H6O8S2. The maximum absolute atomic E-state index is 11.9. The van der Waals surface area contributed by atoms with Crippen molar-refractivity contribution in [2.45, 2.75) is 4.90 Å². The van der Waals surface area contributed by atoms with Gasteiger partial charge in [0.15, 0.2) is 5.78 Å². The van der Waals surface area contributed by atoms with Crippen molar-refractivity contribution in [3.05, 3.63) is 40.3 Å². The van der Waals surface area contributed by atoms with E-state index in [4.69, 9.17) is 9.11 Å². The number of fused-ring (bicyclic) bond motifs is 1. The van der Waals surface area contributed by atoms with Crippen LogP contribution >= 0.6 is 0 Å². The monoisotopic (exact) mass is 318 g/mol. The van der Waals surface area contributed by atoms with Gasteiger partial charge in [0.2, 0.25) is 5.78 Å². The van der Waals surface area contributed by atoms with E-state index in [0.717, 1.165) is 18.2 Å². The van der Waals surface area contributed by atoms with Crippen LogP contribution in [-0.4, -0.2) is 37.5 Å². The summed E-state index contributed by atoms with van der Waals surface area (Å²) >= 11 is 0. The zero-order valence-corrected chi connectivity index (χ0v) is 11.1. The molecule has 20 heavy (non-hydrogen) atoms. The molecule has 1 aromatic carbocycles. The van der Waals surface area contributed by atoms with E-state index < -0.39 is 52.7 Å². The highest BCUT2D eigenvalue weighted by Crippen LogP contribution is 2.28. The van der Waals surface area contributed by atoms with E-state index in [1.165, 1.54) is 0 Å². The molecule has 0 aromatic heterocycles. The standard InChI is InChI=1S/C10H6O8S2/c11-6-4-8(20(16,17)18)10(12)5-2-1-3-7(9(5)6)19(13,14)15/h1-4H,(H,13,14,15)(H,16,17,18). The van der Waals surface area contributed by atoms with Crippen molar-refractivity contribution >= 4 is 31.8 Å². The molecule has 106 valence electrons. The summed E-state index contributed by atoms with van der Waals surface area (Å²) < 4.78 is 62.1. The lowest BCUT2D eigenvalue weighted by Crippen LogP contribution is -2.24. The normalized spacial score (nSPS) is 15.8. The number of hydrogen-bond acceptors (Lipinski definition) is 6. The molecule has 2 rings (SSSR count). The van der Waals surface area contributed by atoms with Crippen molar-refractivity contribution < 1.29 is 35.5 Å². The summed E-state index contributed by atoms with van der Waals surface area (Å²) in [4.78, 5) is 21.7. The van der Waals surface area contributed by atoms with Gasteiger partial charge in [-0.3, -0.25) is 18.7 Å². The predicted octanol–water partition coefficient (Wildman–Crippen LogP) is 0.0840. The van der Waals surface area contributed by atoms with Crippen LogP contribution < -0.4 is 0 Å². The fraction of sp³-hybridized carbons (Fsp3) is 0. The topological polar surface area (TPSA) is 143 Å². The SMILES string of the molecule is O=C1C(S(=O)(=O)O)=CC(=O)c2c1cccc2S(=O)(=O)O. The Kier molecular flexibility index (Phi) is 3.13. The molecule has 8 nitrogen and oxygen atoms in total. The van der Waals surface area contributed by atoms with Crippen LogP contribution in [0.4, 0.5) is 0 Å². The minimum atomic E-state index is -4.92. The lowest BCUT2D eigenvalue weighted by atomic mass is 9.95. The Bertz CT molecular complexity index is 874. The molecular weight excluding hydrogens is 312 g/mol. The number of carbonyl (C=O) groups excluding carboxylic acids is 2. The Morgan fingerprint density at radius 2 is 1.50 bits per heavy atom. The van der Waals surface area contributed by atoms with Crippen molar-refractivity contribution in [3.63, 3.8) is 0 Å². The molecule has 0 unspecified atom stereocenters. The molecule has 0 amide bonds. The second-order valence-electron chi connectivity index (χ2n) is 3.83. The third kappa shape index (κ3) is 2.29. The molecule has 0 fully saturated rings. The van der Waals surface area contributed by atoms with Gasteiger partial charge in [-0.05, 0) is 6.07 Å². The first-order chi connectivity index (χ1) is 9.03. The Balaban J connectivity index is 2.84. The van der Waals surface area contributed by atoms with Crippen molar-refractivity contribution in [1.29, 1.82) is 0 Å². The Labute approximate surface area is 113 Å². The smallest absolute Gasteiger partial charge is 0.289 e. The van der Waals surface area contributed by atoms with Gasteiger partial charge < -0.3 is 0 Å². The molecule has 2 N–H and O–H groups in total. The van der Waals surface area contributed by atoms with E-state index in [1.54, 1.807) is 0 Å². The van der Waals surface area contributed by atoms with Gasteiger partial charge in [0.05, 0.1) is 5.56 Å². The molecule has 0 saturated carbocycles. The van der Waals surface area contributed by atoms with Gasteiger partial charge in [0, 0.05) is 11.6 Å². The molecule has 0 saturated heterocycles. The molecule has 1 aliphatic rings. The van der Waals surface area contributed by atoms with E-state index in [2.05, 4.69) is 0 Å². The van der Waals surface area contributed by atoms with Gasteiger partial charge in [-0.15, -0.1) is 0 Å². The van der Waals surface area contributed by atoms with E-state index in [-0.39, 0.29) is 0 Å². The van der Waals surface area contributed by atoms with Crippen molar-refractivity contribution in [3.8, 4) is 0 Å². The zero-order chi connectivity index (χ0) is 15.3. The van der Waals surface area contributed by atoms with Gasteiger partial charge in [-0.1, -0.05) is 12.1 Å². The molecule has 0 aliphatic heterocycles. The number of Topliss-reactive ketones (excluding diaryl/α,β-unsaturated/α-hetero) is 1. The second kappa shape index (κ2) is 4.31. The van der Waals surface area contributed by atoms with Gasteiger partial charge in [0.25, 0.3) is 20.2 Å². The van der Waals surface area contributed by atoms with Crippen LogP contribution in [0.15, 0.2) is 34.1 Å². The molecule has 1 aliphatic carbocycles. The van der Waals surface area contributed by atoms with Crippen molar-refractivity contribution in [1.82, 2.24) is 0 Å². The maximum Gasteiger partial charge on any atom is 0.298 e.